The van der Waals surface area contributed by atoms with Crippen molar-refractivity contribution in [2.45, 2.75) is 12.3 Å². The van der Waals surface area contributed by atoms with Gasteiger partial charge in [-0.1, -0.05) is 17.7 Å². The number of oxazole rings is 1. The number of carboxylic acid groups (broad SMARTS) is 1. The first-order chi connectivity index (χ1) is 12.5. The molecule has 1 atom stereocenters. The van der Waals surface area contributed by atoms with E-state index in [2.05, 4.69) is 4.98 Å². The maximum Gasteiger partial charge on any atom is 0.304 e. The summed E-state index contributed by atoms with van der Waals surface area (Å²) in [5.41, 5.74) is 1.43. The van der Waals surface area contributed by atoms with Gasteiger partial charge in [-0.25, -0.2) is 9.37 Å². The van der Waals surface area contributed by atoms with Crippen LogP contribution in [0.25, 0.3) is 11.1 Å². The van der Waals surface area contributed by atoms with Gasteiger partial charge in [-0.2, -0.15) is 0 Å². The highest BCUT2D eigenvalue weighted by Crippen LogP contribution is 2.39. The van der Waals surface area contributed by atoms with E-state index in [0.717, 1.165) is 0 Å². The lowest BCUT2D eigenvalue weighted by Crippen LogP contribution is -2.09. The minimum atomic E-state index is -1.05. The zero-order valence-corrected chi connectivity index (χ0v) is 14.5. The predicted molar refractivity (Wildman–Crippen MR) is 94.0 cm³/mol. The number of rotatable bonds is 6. The summed E-state index contributed by atoms with van der Waals surface area (Å²) >= 11 is 6.28. The summed E-state index contributed by atoms with van der Waals surface area (Å²) in [5, 5.41) is 9.62. The minimum absolute atomic E-state index is 0.204. The van der Waals surface area contributed by atoms with Gasteiger partial charge in [-0.3, -0.25) is 4.79 Å². The molecule has 2 aromatic carbocycles. The highest BCUT2D eigenvalue weighted by Gasteiger charge is 2.24. The second kappa shape index (κ2) is 7.58. The van der Waals surface area contributed by atoms with E-state index in [0.29, 0.717) is 27.5 Å². The van der Waals surface area contributed by atoms with Crippen molar-refractivity contribution < 1.29 is 23.4 Å². The Balaban J connectivity index is 2.15. The Morgan fingerprint density at radius 3 is 2.85 bits per heavy atom. The van der Waals surface area contributed by atoms with Gasteiger partial charge >= 0.3 is 5.97 Å². The third kappa shape index (κ3) is 3.70. The Morgan fingerprint density at radius 1 is 1.38 bits per heavy atom. The lowest BCUT2D eigenvalue weighted by atomic mass is 9.92. The molecule has 0 amide bonds. The molecule has 0 fully saturated rings. The van der Waals surface area contributed by atoms with Crippen LogP contribution in [0.1, 0.15) is 23.8 Å². The van der Waals surface area contributed by atoms with Gasteiger partial charge in [-0.15, -0.1) is 0 Å². The Labute approximate surface area is 154 Å². The number of hydrogen-bond acceptors (Lipinski definition) is 4. The molecule has 1 N–H and O–H groups in total. The van der Waals surface area contributed by atoms with Crippen LogP contribution in [0.15, 0.2) is 53.3 Å². The van der Waals surface area contributed by atoms with E-state index in [-0.39, 0.29) is 12.3 Å². The highest BCUT2D eigenvalue weighted by molar-refractivity contribution is 6.33. The van der Waals surface area contributed by atoms with E-state index in [1.807, 2.05) is 0 Å². The van der Waals surface area contributed by atoms with Gasteiger partial charge in [0.25, 0.3) is 0 Å². The molecule has 0 aliphatic heterocycles. The van der Waals surface area contributed by atoms with Crippen molar-refractivity contribution in [2.75, 3.05) is 7.11 Å². The number of carboxylic acids is 1. The molecule has 26 heavy (non-hydrogen) atoms. The van der Waals surface area contributed by atoms with Crippen LogP contribution < -0.4 is 4.74 Å². The molecule has 0 bridgehead atoms. The number of hydrogen-bond donors (Lipinski definition) is 1. The van der Waals surface area contributed by atoms with E-state index < -0.39 is 17.7 Å². The predicted octanol–water partition coefficient (Wildman–Crippen LogP) is 4.75. The first-order valence-corrected chi connectivity index (χ1v) is 8.12. The fourth-order valence-corrected chi connectivity index (χ4v) is 3.12. The molecule has 0 radical (unpaired) electrons. The average Bonchev–Trinajstić information content (AvgIpc) is 3.12. The molecule has 0 saturated carbocycles. The summed E-state index contributed by atoms with van der Waals surface area (Å²) in [6, 6.07) is 9.38. The van der Waals surface area contributed by atoms with Gasteiger partial charge < -0.3 is 14.3 Å². The molecule has 0 aliphatic rings. The molecule has 0 spiro atoms. The number of halogens is 2. The summed E-state index contributed by atoms with van der Waals surface area (Å²) in [5.74, 6) is -1.61. The molecule has 0 saturated heterocycles. The van der Waals surface area contributed by atoms with Gasteiger partial charge in [0.15, 0.2) is 0 Å². The van der Waals surface area contributed by atoms with E-state index in [4.69, 9.17) is 20.8 Å². The van der Waals surface area contributed by atoms with Gasteiger partial charge in [0, 0.05) is 5.56 Å². The largest absolute Gasteiger partial charge is 0.496 e. The molecule has 1 aromatic heterocycles. The Kier molecular flexibility index (Phi) is 5.23. The topological polar surface area (TPSA) is 72.6 Å². The average molecular weight is 376 g/mol. The number of nitrogens with zero attached hydrogens (tertiary/aromatic N) is 1. The fraction of sp³-hybridized carbons (Fsp3) is 0.158. The summed E-state index contributed by atoms with van der Waals surface area (Å²) in [7, 11) is 1.50. The Morgan fingerprint density at radius 2 is 2.19 bits per heavy atom. The second-order valence-corrected chi connectivity index (χ2v) is 6.02. The van der Waals surface area contributed by atoms with Crippen molar-refractivity contribution in [1.82, 2.24) is 4.98 Å². The summed E-state index contributed by atoms with van der Waals surface area (Å²) < 4.78 is 24.9. The standard InChI is InChI=1S/C19H15ClFNO4/c1-25-16-4-2-3-15(20)18(16)12-7-11(8-13(21)9-12)14(10-17(23)24)19-22-5-6-26-19/h2-9,14H,10H2,1H3,(H,23,24). The molecule has 3 aromatic rings. The molecule has 5 nitrogen and oxygen atoms in total. The highest BCUT2D eigenvalue weighted by atomic mass is 35.5. The van der Waals surface area contributed by atoms with Crippen LogP contribution in [-0.2, 0) is 4.79 Å². The molecular formula is C19H15ClFNO4. The molecule has 1 unspecified atom stereocenters. The lowest BCUT2D eigenvalue weighted by Gasteiger charge is -2.16. The number of methoxy groups -OCH3 is 1. The zero-order valence-electron chi connectivity index (χ0n) is 13.8. The second-order valence-electron chi connectivity index (χ2n) is 5.61. The minimum Gasteiger partial charge on any atom is -0.496 e. The maximum absolute atomic E-state index is 14.3. The molecule has 1 heterocycles. The van der Waals surface area contributed by atoms with E-state index >= 15 is 0 Å². The Bertz CT molecular complexity index is 927. The van der Waals surface area contributed by atoms with Crippen LogP contribution in [0.4, 0.5) is 4.39 Å². The van der Waals surface area contributed by atoms with Gasteiger partial charge in [0.1, 0.15) is 17.8 Å². The third-order valence-corrected chi connectivity index (χ3v) is 4.25. The van der Waals surface area contributed by atoms with E-state index in [9.17, 15) is 14.3 Å². The molecule has 7 heteroatoms. The summed E-state index contributed by atoms with van der Waals surface area (Å²) in [4.78, 5) is 15.3. The first-order valence-electron chi connectivity index (χ1n) is 7.74. The van der Waals surface area contributed by atoms with Crippen molar-refractivity contribution in [3.63, 3.8) is 0 Å². The van der Waals surface area contributed by atoms with E-state index in [1.54, 1.807) is 24.3 Å². The number of carbonyl (C=O) groups is 1. The van der Waals surface area contributed by atoms with Crippen LogP contribution in [0.2, 0.25) is 5.02 Å². The monoisotopic (exact) mass is 375 g/mol. The van der Waals surface area contributed by atoms with Crippen molar-refractivity contribution in [3.8, 4) is 16.9 Å². The van der Waals surface area contributed by atoms with Crippen molar-refractivity contribution in [3.05, 3.63) is 71.2 Å². The van der Waals surface area contributed by atoms with Crippen molar-refractivity contribution in [2.24, 2.45) is 0 Å². The normalized spacial score (nSPS) is 12.0. The fourth-order valence-electron chi connectivity index (χ4n) is 2.84. The summed E-state index contributed by atoms with van der Waals surface area (Å²) in [6.07, 6.45) is 2.48. The van der Waals surface area contributed by atoms with Crippen LogP contribution in [0, 0.1) is 5.82 Å². The number of aliphatic carboxylic acids is 1. The van der Waals surface area contributed by atoms with Crippen LogP contribution >= 0.6 is 11.6 Å². The van der Waals surface area contributed by atoms with Crippen molar-refractivity contribution >= 4 is 17.6 Å². The Hall–Kier alpha value is -2.86. The number of ether oxygens (including phenoxy) is 1. The van der Waals surface area contributed by atoms with Crippen LogP contribution in [0.3, 0.4) is 0 Å². The van der Waals surface area contributed by atoms with Crippen LogP contribution in [0.5, 0.6) is 5.75 Å². The maximum atomic E-state index is 14.3. The molecule has 3 rings (SSSR count). The van der Waals surface area contributed by atoms with Crippen LogP contribution in [-0.4, -0.2) is 23.2 Å². The number of benzene rings is 2. The SMILES string of the molecule is COc1cccc(Cl)c1-c1cc(F)cc(C(CC(=O)O)c2ncco2)c1. The molecular weight excluding hydrogens is 361 g/mol. The quantitative estimate of drug-likeness (QED) is 0.673. The molecule has 0 aliphatic carbocycles. The van der Waals surface area contributed by atoms with E-state index in [1.165, 1.54) is 31.7 Å². The third-order valence-electron chi connectivity index (χ3n) is 3.93. The van der Waals surface area contributed by atoms with Crippen molar-refractivity contribution in [1.29, 1.82) is 0 Å². The summed E-state index contributed by atoms with van der Waals surface area (Å²) in [6.45, 7) is 0. The smallest absolute Gasteiger partial charge is 0.304 e. The molecule has 134 valence electrons. The van der Waals surface area contributed by atoms with Gasteiger partial charge in [-0.05, 0) is 41.5 Å². The number of aromatic nitrogens is 1. The zero-order chi connectivity index (χ0) is 18.7. The van der Waals surface area contributed by atoms with Gasteiger partial charge in [0.2, 0.25) is 5.89 Å². The van der Waals surface area contributed by atoms with Gasteiger partial charge in [0.05, 0.1) is 30.7 Å². The lowest BCUT2D eigenvalue weighted by molar-refractivity contribution is -0.137. The first kappa shape index (κ1) is 17.9.